The minimum absolute atomic E-state index is 0.144. The minimum atomic E-state index is -0.410. The third kappa shape index (κ3) is 2.88. The van der Waals surface area contributed by atoms with Crippen LogP contribution in [0.4, 0.5) is 0 Å². The Morgan fingerprint density at radius 2 is 2.08 bits per heavy atom. The van der Waals surface area contributed by atoms with Crippen molar-refractivity contribution >= 4 is 0 Å². The van der Waals surface area contributed by atoms with Crippen LogP contribution in [0.1, 0.15) is 25.7 Å². The highest BCUT2D eigenvalue weighted by Gasteiger charge is 2.24. The van der Waals surface area contributed by atoms with E-state index in [4.69, 9.17) is 5.53 Å². The molecule has 1 fully saturated rings. The van der Waals surface area contributed by atoms with E-state index in [1.165, 1.54) is 0 Å². The quantitative estimate of drug-likeness (QED) is 0.301. The molecule has 0 bridgehead atoms. The van der Waals surface area contributed by atoms with Crippen LogP contribution in [-0.4, -0.2) is 24.4 Å². The fraction of sp³-hybridized carbons (Fsp3) is 1.00. The SMILES string of the molecule is CNC(O)C1CCC(N=[N+]=[N-])CC1. The van der Waals surface area contributed by atoms with Crippen LogP contribution in [-0.2, 0) is 0 Å². The van der Waals surface area contributed by atoms with E-state index in [0.717, 1.165) is 25.7 Å². The fourth-order valence-corrected chi connectivity index (χ4v) is 1.84. The van der Waals surface area contributed by atoms with Gasteiger partial charge in [0.05, 0.1) is 0 Å². The van der Waals surface area contributed by atoms with Crippen molar-refractivity contribution in [1.29, 1.82) is 0 Å². The van der Waals surface area contributed by atoms with Crippen molar-refractivity contribution in [3.8, 4) is 0 Å². The van der Waals surface area contributed by atoms with E-state index in [1.807, 2.05) is 0 Å². The molecule has 0 radical (unpaired) electrons. The Kier molecular flexibility index (Phi) is 4.02. The van der Waals surface area contributed by atoms with Gasteiger partial charge in [0.15, 0.2) is 0 Å². The summed E-state index contributed by atoms with van der Waals surface area (Å²) in [6.07, 6.45) is 3.25. The molecule has 1 aliphatic carbocycles. The second-order valence-electron chi connectivity index (χ2n) is 3.51. The van der Waals surface area contributed by atoms with E-state index in [1.54, 1.807) is 7.05 Å². The van der Waals surface area contributed by atoms with Crippen LogP contribution in [0, 0.1) is 5.92 Å². The summed E-state index contributed by atoms with van der Waals surface area (Å²) in [5, 5.41) is 16.0. The van der Waals surface area contributed by atoms with E-state index >= 15 is 0 Å². The molecule has 0 saturated heterocycles. The van der Waals surface area contributed by atoms with Gasteiger partial charge in [-0.1, -0.05) is 5.11 Å². The topological polar surface area (TPSA) is 81.0 Å². The number of nitrogens with one attached hydrogen (secondary N) is 1. The Morgan fingerprint density at radius 1 is 1.46 bits per heavy atom. The number of azide groups is 1. The molecule has 0 aromatic rings. The number of nitrogens with zero attached hydrogens (tertiary/aromatic N) is 3. The summed E-state index contributed by atoms with van der Waals surface area (Å²) in [7, 11) is 1.75. The molecular formula is C8H16N4O. The van der Waals surface area contributed by atoms with Gasteiger partial charge in [0.25, 0.3) is 0 Å². The fourth-order valence-electron chi connectivity index (χ4n) is 1.84. The molecular weight excluding hydrogens is 168 g/mol. The molecule has 74 valence electrons. The van der Waals surface area contributed by atoms with Crippen LogP contribution in [0.15, 0.2) is 5.11 Å². The monoisotopic (exact) mass is 184 g/mol. The number of aliphatic hydroxyl groups excluding tert-OH is 1. The molecule has 13 heavy (non-hydrogen) atoms. The van der Waals surface area contributed by atoms with Gasteiger partial charge in [0.2, 0.25) is 0 Å². The Balaban J connectivity index is 2.34. The highest BCUT2D eigenvalue weighted by atomic mass is 16.3. The zero-order chi connectivity index (χ0) is 9.68. The van der Waals surface area contributed by atoms with Crippen LogP contribution in [0.3, 0.4) is 0 Å². The van der Waals surface area contributed by atoms with Crippen LogP contribution in [0.2, 0.25) is 0 Å². The summed E-state index contributed by atoms with van der Waals surface area (Å²) < 4.78 is 0. The van der Waals surface area contributed by atoms with Gasteiger partial charge in [-0.15, -0.1) is 0 Å². The Morgan fingerprint density at radius 3 is 2.54 bits per heavy atom. The molecule has 2 N–H and O–H groups in total. The first-order valence-corrected chi connectivity index (χ1v) is 4.67. The van der Waals surface area contributed by atoms with E-state index in [2.05, 4.69) is 15.3 Å². The first kappa shape index (κ1) is 10.3. The Hall–Kier alpha value is -0.770. The minimum Gasteiger partial charge on any atom is -0.378 e. The number of aliphatic hydroxyl groups is 1. The van der Waals surface area contributed by atoms with Crippen molar-refractivity contribution in [2.75, 3.05) is 7.05 Å². The second-order valence-corrected chi connectivity index (χ2v) is 3.51. The van der Waals surface area contributed by atoms with Gasteiger partial charge in [-0.2, -0.15) is 0 Å². The third-order valence-corrected chi connectivity index (χ3v) is 2.70. The number of hydrogen-bond acceptors (Lipinski definition) is 3. The van der Waals surface area contributed by atoms with E-state index in [-0.39, 0.29) is 6.04 Å². The summed E-state index contributed by atoms with van der Waals surface area (Å²) in [6, 6.07) is 0.144. The predicted molar refractivity (Wildman–Crippen MR) is 50.0 cm³/mol. The first-order valence-electron chi connectivity index (χ1n) is 4.67. The average molecular weight is 184 g/mol. The lowest BCUT2D eigenvalue weighted by molar-refractivity contribution is 0.0594. The summed E-state index contributed by atoms with van der Waals surface area (Å²) >= 11 is 0. The summed E-state index contributed by atoms with van der Waals surface area (Å²) in [4.78, 5) is 2.80. The molecule has 5 heteroatoms. The van der Waals surface area contributed by atoms with Crippen molar-refractivity contribution in [1.82, 2.24) is 5.32 Å². The maximum absolute atomic E-state index is 9.48. The molecule has 0 aromatic heterocycles. The van der Waals surface area contributed by atoms with Crippen molar-refractivity contribution in [3.05, 3.63) is 10.4 Å². The van der Waals surface area contributed by atoms with Crippen LogP contribution >= 0.6 is 0 Å². The van der Waals surface area contributed by atoms with Crippen molar-refractivity contribution in [2.45, 2.75) is 38.0 Å². The lowest BCUT2D eigenvalue weighted by atomic mass is 9.85. The molecule has 1 rings (SSSR count). The van der Waals surface area contributed by atoms with Gasteiger partial charge >= 0.3 is 0 Å². The molecule has 0 heterocycles. The normalized spacial score (nSPS) is 30.6. The molecule has 1 atom stereocenters. The van der Waals surface area contributed by atoms with Crippen LogP contribution in [0.5, 0.6) is 0 Å². The second kappa shape index (κ2) is 5.07. The van der Waals surface area contributed by atoms with Gasteiger partial charge in [0, 0.05) is 11.0 Å². The zero-order valence-corrected chi connectivity index (χ0v) is 7.85. The molecule has 1 aliphatic rings. The number of hydrogen-bond donors (Lipinski definition) is 2. The lowest BCUT2D eigenvalue weighted by Gasteiger charge is -2.29. The maximum atomic E-state index is 9.48. The maximum Gasteiger partial charge on any atom is 0.107 e. The van der Waals surface area contributed by atoms with Gasteiger partial charge in [0.1, 0.15) is 6.23 Å². The molecule has 5 nitrogen and oxygen atoms in total. The Bertz CT molecular complexity index is 194. The summed E-state index contributed by atoms with van der Waals surface area (Å²) in [5.41, 5.74) is 8.24. The summed E-state index contributed by atoms with van der Waals surface area (Å²) in [5.74, 6) is 0.315. The average Bonchev–Trinajstić information content (AvgIpc) is 2.18. The first-order chi connectivity index (χ1) is 6.27. The lowest BCUT2D eigenvalue weighted by Crippen LogP contribution is -2.36. The molecule has 0 spiro atoms. The van der Waals surface area contributed by atoms with E-state index in [0.29, 0.717) is 5.92 Å². The standard InChI is InChI=1S/C8H16N4O/c1-10-8(13)6-2-4-7(5-3-6)11-12-9/h6-8,10,13H,2-5H2,1H3. The van der Waals surface area contributed by atoms with E-state index < -0.39 is 6.23 Å². The molecule has 0 amide bonds. The predicted octanol–water partition coefficient (Wildman–Crippen LogP) is 1.39. The molecule has 0 aromatic carbocycles. The molecule has 1 saturated carbocycles. The van der Waals surface area contributed by atoms with Gasteiger partial charge in [-0.3, -0.25) is 5.32 Å². The van der Waals surface area contributed by atoms with Crippen molar-refractivity contribution in [2.24, 2.45) is 11.0 Å². The smallest absolute Gasteiger partial charge is 0.107 e. The highest BCUT2D eigenvalue weighted by molar-refractivity contribution is 4.79. The van der Waals surface area contributed by atoms with Gasteiger partial charge < -0.3 is 5.11 Å². The van der Waals surface area contributed by atoms with Crippen molar-refractivity contribution in [3.63, 3.8) is 0 Å². The van der Waals surface area contributed by atoms with Gasteiger partial charge in [-0.05, 0) is 44.2 Å². The van der Waals surface area contributed by atoms with Crippen molar-refractivity contribution < 1.29 is 5.11 Å². The Labute approximate surface area is 77.8 Å². The summed E-state index contributed by atoms with van der Waals surface area (Å²) in [6.45, 7) is 0. The number of rotatable bonds is 3. The zero-order valence-electron chi connectivity index (χ0n) is 7.85. The molecule has 0 aliphatic heterocycles. The van der Waals surface area contributed by atoms with Crippen LogP contribution < -0.4 is 5.32 Å². The highest BCUT2D eigenvalue weighted by Crippen LogP contribution is 2.27. The van der Waals surface area contributed by atoms with E-state index in [9.17, 15) is 5.11 Å². The van der Waals surface area contributed by atoms with Crippen LogP contribution in [0.25, 0.3) is 10.4 Å². The third-order valence-electron chi connectivity index (χ3n) is 2.70. The molecule has 1 unspecified atom stereocenters. The van der Waals surface area contributed by atoms with Gasteiger partial charge in [-0.25, -0.2) is 0 Å². The largest absolute Gasteiger partial charge is 0.378 e.